The minimum atomic E-state index is -0.462. The van der Waals surface area contributed by atoms with E-state index in [0.717, 1.165) is 68.4 Å². The van der Waals surface area contributed by atoms with Crippen LogP contribution in [0.5, 0.6) is 0 Å². The molecule has 3 aromatic rings. The second-order valence-electron chi connectivity index (χ2n) is 14.1. The molecule has 9 heteroatoms. The van der Waals surface area contributed by atoms with Crippen LogP contribution < -0.4 is 4.90 Å². The van der Waals surface area contributed by atoms with E-state index in [1.165, 1.54) is 32.3 Å². The van der Waals surface area contributed by atoms with E-state index in [9.17, 15) is 4.79 Å². The normalized spacial score (nSPS) is 19.9. The molecule has 8 nitrogen and oxygen atoms in total. The van der Waals surface area contributed by atoms with E-state index >= 15 is 0 Å². The number of ether oxygens (including phenoxy) is 1. The van der Waals surface area contributed by atoms with Gasteiger partial charge in [0, 0.05) is 47.9 Å². The number of thiophene rings is 1. The quantitative estimate of drug-likeness (QED) is 0.310. The molecule has 1 spiro atoms. The zero-order valence-corrected chi connectivity index (χ0v) is 28.1. The molecule has 5 heterocycles. The lowest BCUT2D eigenvalue weighted by atomic mass is 9.77. The summed E-state index contributed by atoms with van der Waals surface area (Å²) >= 11 is 1.80. The van der Waals surface area contributed by atoms with Crippen molar-refractivity contribution < 1.29 is 9.53 Å². The van der Waals surface area contributed by atoms with Gasteiger partial charge in [-0.05, 0) is 102 Å². The van der Waals surface area contributed by atoms with E-state index in [1.54, 1.807) is 11.3 Å². The highest BCUT2D eigenvalue weighted by Crippen LogP contribution is 2.44. The molecule has 3 aliphatic rings. The van der Waals surface area contributed by atoms with Crippen molar-refractivity contribution in [3.05, 3.63) is 57.0 Å². The average Bonchev–Trinajstić information content (AvgIpc) is 3.60. The number of amides is 1. The Labute approximate surface area is 260 Å². The zero-order chi connectivity index (χ0) is 30.8. The van der Waals surface area contributed by atoms with Crippen LogP contribution in [0.2, 0.25) is 0 Å². The number of rotatable bonds is 3. The molecule has 2 aromatic heterocycles. The van der Waals surface area contributed by atoms with E-state index in [-0.39, 0.29) is 17.6 Å². The summed E-state index contributed by atoms with van der Waals surface area (Å²) < 4.78 is 7.88. The summed E-state index contributed by atoms with van der Waals surface area (Å²) in [6, 6.07) is 6.88. The number of anilines is 1. The smallest absolute Gasteiger partial charge is 0.410 e. The van der Waals surface area contributed by atoms with Crippen molar-refractivity contribution in [2.24, 2.45) is 10.4 Å². The van der Waals surface area contributed by atoms with E-state index in [0.29, 0.717) is 5.92 Å². The molecule has 230 valence electrons. The number of carbonyl (C=O) groups excluding carboxylic acids is 1. The third kappa shape index (κ3) is 5.38. The fraction of sp³-hybridized carbons (Fsp3) is 0.588. The number of aromatic nitrogens is 3. The van der Waals surface area contributed by atoms with Crippen LogP contribution in [0.1, 0.15) is 112 Å². The van der Waals surface area contributed by atoms with Gasteiger partial charge in [0.15, 0.2) is 5.82 Å². The van der Waals surface area contributed by atoms with Crippen LogP contribution in [0.4, 0.5) is 10.5 Å². The van der Waals surface area contributed by atoms with Gasteiger partial charge < -0.3 is 14.5 Å². The Kier molecular flexibility index (Phi) is 7.47. The van der Waals surface area contributed by atoms with Crippen LogP contribution in [-0.4, -0.2) is 63.2 Å². The summed E-state index contributed by atoms with van der Waals surface area (Å²) in [7, 11) is 0. The maximum absolute atomic E-state index is 12.7. The number of hydrogen-bond acceptors (Lipinski definition) is 7. The monoisotopic (exact) mass is 602 g/mol. The first-order chi connectivity index (χ1) is 20.3. The van der Waals surface area contributed by atoms with Gasteiger partial charge in [-0.25, -0.2) is 4.79 Å². The van der Waals surface area contributed by atoms with Gasteiger partial charge in [-0.1, -0.05) is 19.9 Å². The lowest BCUT2D eigenvalue weighted by Crippen LogP contribution is -2.43. The highest BCUT2D eigenvalue weighted by Gasteiger charge is 2.43. The van der Waals surface area contributed by atoms with Gasteiger partial charge >= 0.3 is 6.09 Å². The Morgan fingerprint density at radius 2 is 1.77 bits per heavy atom. The molecule has 1 aromatic carbocycles. The van der Waals surface area contributed by atoms with E-state index in [2.05, 4.69) is 72.5 Å². The fourth-order valence-electron chi connectivity index (χ4n) is 6.98. The number of nitrogens with zero attached hydrogens (tertiary/aromatic N) is 6. The Balaban J connectivity index is 1.27. The number of hydrogen-bond donors (Lipinski definition) is 0. The van der Waals surface area contributed by atoms with Gasteiger partial charge in [0.05, 0.1) is 5.71 Å². The third-order valence-electron chi connectivity index (χ3n) is 9.53. The SMILES string of the molecule is Cc1sc2c(c1C)C(c1ccc(N3CCC4(CCN(C(=O)OC(C)(C)C)C4)CC3)c(C(C)C)c1)=N[C@@H](C)c1nnc(C)n1-2. The molecule has 2 saturated heterocycles. The number of piperidine rings is 1. The Bertz CT molecular complexity index is 1580. The number of aliphatic imine (C=N–C) groups is 1. The molecule has 0 aliphatic carbocycles. The first-order valence-electron chi connectivity index (χ1n) is 15.7. The molecule has 1 atom stereocenters. The summed E-state index contributed by atoms with van der Waals surface area (Å²) in [4.78, 5) is 23.8. The number of carbonyl (C=O) groups is 1. The van der Waals surface area contributed by atoms with E-state index in [4.69, 9.17) is 9.73 Å². The molecule has 1 amide bonds. The standard InChI is InChI=1S/C34H46N6O2S/c1-20(2)26-18-25(29-28-21(3)23(5)43-31(28)40-24(6)36-37-30(40)22(4)35-29)10-11-27(26)38-15-12-34(13-16-38)14-17-39(19-34)32(41)42-33(7,8)9/h10-11,18,20,22H,12-17,19H2,1-9H3/t22-/m0/s1. The third-order valence-corrected chi connectivity index (χ3v) is 10.7. The van der Waals surface area contributed by atoms with Gasteiger partial charge in [-0.15, -0.1) is 21.5 Å². The number of benzene rings is 1. The Morgan fingerprint density at radius 1 is 1.07 bits per heavy atom. The van der Waals surface area contributed by atoms with Crippen molar-refractivity contribution in [3.8, 4) is 5.00 Å². The molecule has 0 unspecified atom stereocenters. The number of likely N-dealkylation sites (tertiary alicyclic amines) is 1. The van der Waals surface area contributed by atoms with Gasteiger partial charge in [0.1, 0.15) is 22.5 Å². The van der Waals surface area contributed by atoms with Gasteiger partial charge in [0.25, 0.3) is 0 Å². The molecular formula is C34H46N6O2S. The zero-order valence-electron chi connectivity index (χ0n) is 27.2. The van der Waals surface area contributed by atoms with Gasteiger partial charge in [-0.2, -0.15) is 0 Å². The maximum atomic E-state index is 12.7. The molecule has 6 rings (SSSR count). The Hall–Kier alpha value is -3.20. The van der Waals surface area contributed by atoms with Crippen LogP contribution in [0.3, 0.4) is 0 Å². The number of aryl methyl sites for hydroxylation is 2. The molecule has 0 radical (unpaired) electrons. The van der Waals surface area contributed by atoms with E-state index < -0.39 is 5.60 Å². The van der Waals surface area contributed by atoms with Crippen molar-refractivity contribution in [1.29, 1.82) is 0 Å². The number of fused-ring (bicyclic) bond motifs is 3. The van der Waals surface area contributed by atoms with Crippen LogP contribution in [0.25, 0.3) is 5.00 Å². The highest BCUT2D eigenvalue weighted by molar-refractivity contribution is 7.15. The molecule has 43 heavy (non-hydrogen) atoms. The second-order valence-corrected chi connectivity index (χ2v) is 15.3. The van der Waals surface area contributed by atoms with Crippen molar-refractivity contribution in [2.75, 3.05) is 31.1 Å². The topological polar surface area (TPSA) is 75.8 Å². The maximum Gasteiger partial charge on any atom is 0.410 e. The van der Waals surface area contributed by atoms with Crippen LogP contribution in [0.15, 0.2) is 23.2 Å². The molecule has 2 fully saturated rings. The molecular weight excluding hydrogens is 556 g/mol. The summed E-state index contributed by atoms with van der Waals surface area (Å²) in [5.41, 5.74) is 7.11. The lowest BCUT2D eigenvalue weighted by molar-refractivity contribution is 0.0266. The van der Waals surface area contributed by atoms with Crippen molar-refractivity contribution in [3.63, 3.8) is 0 Å². The van der Waals surface area contributed by atoms with Crippen LogP contribution in [0, 0.1) is 26.2 Å². The van der Waals surface area contributed by atoms with E-state index in [1.807, 2.05) is 32.6 Å². The second kappa shape index (κ2) is 10.8. The summed E-state index contributed by atoms with van der Waals surface area (Å²) in [5, 5.41) is 10.1. The summed E-state index contributed by atoms with van der Waals surface area (Å²) in [6.07, 6.45) is 3.06. The summed E-state index contributed by atoms with van der Waals surface area (Å²) in [5.74, 6) is 2.17. The molecule has 0 saturated carbocycles. The molecule has 3 aliphatic heterocycles. The molecule has 0 bridgehead atoms. The van der Waals surface area contributed by atoms with Gasteiger partial charge in [0.2, 0.25) is 0 Å². The van der Waals surface area contributed by atoms with Gasteiger partial charge in [-0.3, -0.25) is 9.56 Å². The lowest BCUT2D eigenvalue weighted by Gasteiger charge is -2.41. The fourth-order valence-corrected chi connectivity index (χ4v) is 8.19. The predicted octanol–water partition coefficient (Wildman–Crippen LogP) is 7.52. The minimum absolute atomic E-state index is 0.0948. The van der Waals surface area contributed by atoms with Crippen LogP contribution >= 0.6 is 11.3 Å². The van der Waals surface area contributed by atoms with Crippen LogP contribution in [-0.2, 0) is 4.74 Å². The Morgan fingerprint density at radius 3 is 2.44 bits per heavy atom. The van der Waals surface area contributed by atoms with Crippen molar-refractivity contribution in [1.82, 2.24) is 19.7 Å². The average molecular weight is 603 g/mol. The first-order valence-corrected chi connectivity index (χ1v) is 16.6. The van der Waals surface area contributed by atoms with Crippen molar-refractivity contribution >= 4 is 28.8 Å². The first kappa shape index (κ1) is 29.9. The summed E-state index contributed by atoms with van der Waals surface area (Å²) in [6.45, 7) is 22.5. The van der Waals surface area contributed by atoms with Crippen molar-refractivity contribution in [2.45, 2.75) is 99.1 Å². The molecule has 0 N–H and O–H groups in total. The predicted molar refractivity (Wildman–Crippen MR) is 174 cm³/mol. The minimum Gasteiger partial charge on any atom is -0.444 e. The largest absolute Gasteiger partial charge is 0.444 e. The highest BCUT2D eigenvalue weighted by atomic mass is 32.1.